The zero-order valence-electron chi connectivity index (χ0n) is 23.3. The van der Waals surface area contributed by atoms with E-state index in [1.165, 1.54) is 0 Å². The van der Waals surface area contributed by atoms with Crippen LogP contribution in [0.3, 0.4) is 0 Å². The molecule has 0 radical (unpaired) electrons. The number of hydrogen-bond acceptors (Lipinski definition) is 6. The minimum Gasteiger partial charge on any atom is -0.352 e. The first-order valence-corrected chi connectivity index (χ1v) is 14.2. The second-order valence-corrected chi connectivity index (χ2v) is 11.0. The molecule has 3 aromatic carbocycles. The van der Waals surface area contributed by atoms with Crippen LogP contribution in [0.1, 0.15) is 65.4 Å². The van der Waals surface area contributed by atoms with E-state index in [1.54, 1.807) is 48.5 Å². The Morgan fingerprint density at radius 3 is 1.19 bits per heavy atom. The van der Waals surface area contributed by atoms with Crippen LogP contribution in [0, 0.1) is 11.8 Å². The first kappa shape index (κ1) is 29.0. The number of nitrogens with two attached hydrogens (primary N) is 2. The summed E-state index contributed by atoms with van der Waals surface area (Å²) in [6, 6.07) is 20.0. The van der Waals surface area contributed by atoms with Crippen molar-refractivity contribution < 1.29 is 19.2 Å². The molecule has 4 aliphatic heterocycles. The third-order valence-electron chi connectivity index (χ3n) is 8.19. The van der Waals surface area contributed by atoms with Crippen molar-refractivity contribution in [1.82, 2.24) is 21.3 Å². The van der Waals surface area contributed by atoms with Gasteiger partial charge in [0.15, 0.2) is 0 Å². The molecule has 0 spiro atoms. The van der Waals surface area contributed by atoms with Crippen LogP contribution in [-0.2, 0) is 13.1 Å². The van der Waals surface area contributed by atoms with Crippen LogP contribution in [0.2, 0.25) is 0 Å². The maximum absolute atomic E-state index is 12.9. The van der Waals surface area contributed by atoms with Crippen molar-refractivity contribution in [3.8, 4) is 0 Å². The molecule has 5 aliphatic rings. The summed E-state index contributed by atoms with van der Waals surface area (Å²) >= 11 is 0. The van der Waals surface area contributed by atoms with Crippen LogP contribution >= 0.6 is 0 Å². The largest absolute Gasteiger partial charge is 0.352 e. The highest BCUT2D eigenvalue weighted by molar-refractivity contribution is 6.00. The molecule has 10 heteroatoms. The fourth-order valence-electron chi connectivity index (χ4n) is 5.52. The van der Waals surface area contributed by atoms with E-state index in [2.05, 4.69) is 21.3 Å². The van der Waals surface area contributed by atoms with Crippen LogP contribution in [0.15, 0.2) is 72.8 Å². The van der Waals surface area contributed by atoms with Crippen LogP contribution in [0.4, 0.5) is 0 Å². The van der Waals surface area contributed by atoms with Crippen molar-refractivity contribution in [3.63, 3.8) is 0 Å². The summed E-state index contributed by atoms with van der Waals surface area (Å²) in [5.41, 5.74) is 16.3. The molecule has 1 saturated carbocycles. The number of nitrogens with one attached hydrogen (secondary N) is 4. The van der Waals surface area contributed by atoms with Gasteiger partial charge in [-0.15, -0.1) is 0 Å². The van der Waals surface area contributed by atoms with Crippen molar-refractivity contribution in [1.29, 1.82) is 0 Å². The third-order valence-corrected chi connectivity index (χ3v) is 8.19. The highest BCUT2D eigenvalue weighted by Gasteiger charge is 2.35. The van der Waals surface area contributed by atoms with Gasteiger partial charge >= 0.3 is 0 Å². The van der Waals surface area contributed by atoms with Gasteiger partial charge in [-0.1, -0.05) is 36.4 Å². The lowest BCUT2D eigenvalue weighted by Gasteiger charge is -2.39. The Hall–Kier alpha value is -4.54. The predicted octanol–water partition coefficient (Wildman–Crippen LogP) is 1.70. The third kappa shape index (κ3) is 6.84. The molecule has 8 N–H and O–H groups in total. The Morgan fingerprint density at radius 1 is 0.500 bits per heavy atom. The van der Waals surface area contributed by atoms with E-state index in [0.717, 1.165) is 24.0 Å². The number of carbonyl (C=O) groups is 4. The van der Waals surface area contributed by atoms with Crippen molar-refractivity contribution in [2.24, 2.45) is 23.3 Å². The molecular weight excluding hydrogens is 532 g/mol. The first-order valence-electron chi connectivity index (χ1n) is 14.2. The van der Waals surface area contributed by atoms with E-state index < -0.39 is 0 Å². The maximum atomic E-state index is 12.9. The average Bonchev–Trinajstić information content (AvgIpc) is 3.02. The molecule has 10 nitrogen and oxygen atoms in total. The Labute approximate surface area is 244 Å². The molecule has 2 unspecified atom stereocenters. The monoisotopic (exact) mass is 568 g/mol. The van der Waals surface area contributed by atoms with E-state index in [0.29, 0.717) is 48.4 Å². The molecule has 4 heterocycles. The average molecular weight is 569 g/mol. The summed E-state index contributed by atoms with van der Waals surface area (Å²) in [5.74, 6) is -1.20. The Balaban J connectivity index is 1.35. The van der Waals surface area contributed by atoms with Gasteiger partial charge in [0.05, 0.1) is 0 Å². The second-order valence-electron chi connectivity index (χ2n) is 11.0. The number of amides is 4. The lowest BCUT2D eigenvalue weighted by atomic mass is 9.75. The normalized spacial score (nSPS) is 23.9. The highest BCUT2D eigenvalue weighted by atomic mass is 16.2. The summed E-state index contributed by atoms with van der Waals surface area (Å²) in [7, 11) is 0. The number of rotatable bonds is 0. The molecule has 0 saturated heterocycles. The highest BCUT2D eigenvalue weighted by Crippen LogP contribution is 2.27. The zero-order chi connectivity index (χ0) is 29.6. The molecule has 8 rings (SSSR count). The van der Waals surface area contributed by atoms with Crippen LogP contribution in [0.5, 0.6) is 0 Å². The van der Waals surface area contributed by atoms with E-state index in [4.69, 9.17) is 11.5 Å². The minimum atomic E-state index is -0.363. The summed E-state index contributed by atoms with van der Waals surface area (Å²) in [6.45, 7) is 1.32. The van der Waals surface area contributed by atoms with Crippen LogP contribution in [-0.4, -0.2) is 48.8 Å². The summed E-state index contributed by atoms with van der Waals surface area (Å²) in [5, 5.41) is 11.7. The zero-order valence-corrected chi connectivity index (χ0v) is 23.3. The van der Waals surface area contributed by atoms with E-state index in [1.807, 2.05) is 24.3 Å². The molecule has 3 aromatic rings. The standard InChI is InChI=1S/C32H36N6O4/c33-27-25-11-12-26(28(27)34)18-38-32(42)24-6-2-4-22(14-24)30(40)36-16-20-9-7-19(8-10-20)15-35-29(39)21-3-1-5-23(13-21)31(41)37-17-25/h1-10,13-14,25-28H,11-12,15-18,33-34H2,(H,35,39)(H,36,40)(H,37,41)(H,38,42)/t25-,26+,27?,28?. The molecule has 8 bridgehead atoms. The SMILES string of the molecule is NC1C(N)[C@H]2CC[C@@H]1CNC(=O)c1cccc(c1)C(=O)NCc1ccc(cc1)CNC(=O)c1cccc(c1)C(=O)NC2. The fourth-order valence-corrected chi connectivity index (χ4v) is 5.52. The smallest absolute Gasteiger partial charge is 0.251 e. The lowest BCUT2D eigenvalue weighted by molar-refractivity contribution is 0.0908. The van der Waals surface area contributed by atoms with Gasteiger partial charge in [0, 0.05) is 60.5 Å². The van der Waals surface area contributed by atoms with Gasteiger partial charge in [-0.05, 0) is 72.2 Å². The van der Waals surface area contributed by atoms with Gasteiger partial charge in [-0.2, -0.15) is 0 Å². The van der Waals surface area contributed by atoms with Crippen molar-refractivity contribution in [2.75, 3.05) is 13.1 Å². The lowest BCUT2D eigenvalue weighted by Crippen LogP contribution is -2.58. The molecule has 4 atom stereocenters. The van der Waals surface area contributed by atoms with E-state index >= 15 is 0 Å². The summed E-state index contributed by atoms with van der Waals surface area (Å²) in [4.78, 5) is 51.5. The minimum absolute atomic E-state index is 0.0254. The topological polar surface area (TPSA) is 168 Å². The van der Waals surface area contributed by atoms with Gasteiger partial charge in [0.1, 0.15) is 0 Å². The van der Waals surface area contributed by atoms with Gasteiger partial charge in [-0.25, -0.2) is 0 Å². The maximum Gasteiger partial charge on any atom is 0.251 e. The van der Waals surface area contributed by atoms with Crippen molar-refractivity contribution in [2.45, 2.75) is 38.0 Å². The van der Waals surface area contributed by atoms with Gasteiger partial charge < -0.3 is 32.7 Å². The molecule has 42 heavy (non-hydrogen) atoms. The Kier molecular flexibility index (Phi) is 8.94. The van der Waals surface area contributed by atoms with Crippen LogP contribution in [0.25, 0.3) is 0 Å². The summed E-state index contributed by atoms with van der Waals surface area (Å²) < 4.78 is 0. The number of hydrogen-bond donors (Lipinski definition) is 6. The van der Waals surface area contributed by atoms with E-state index in [-0.39, 0.29) is 47.5 Å². The van der Waals surface area contributed by atoms with Crippen molar-refractivity contribution >= 4 is 23.6 Å². The molecule has 0 aromatic heterocycles. The first-order chi connectivity index (χ1) is 20.3. The van der Waals surface area contributed by atoms with E-state index in [9.17, 15) is 19.2 Å². The van der Waals surface area contributed by atoms with Gasteiger partial charge in [-0.3, -0.25) is 19.2 Å². The quantitative estimate of drug-likeness (QED) is 0.241. The van der Waals surface area contributed by atoms with Crippen molar-refractivity contribution in [3.05, 3.63) is 106 Å². The molecule has 218 valence electrons. The molecule has 1 fully saturated rings. The van der Waals surface area contributed by atoms with Gasteiger partial charge in [0.25, 0.3) is 23.6 Å². The predicted molar refractivity (Wildman–Crippen MR) is 158 cm³/mol. The van der Waals surface area contributed by atoms with Gasteiger partial charge in [0.2, 0.25) is 0 Å². The number of benzene rings is 3. The summed E-state index contributed by atoms with van der Waals surface area (Å²) in [6.07, 6.45) is 1.49. The molecular formula is C32H36N6O4. The molecule has 4 amide bonds. The fraction of sp³-hybridized carbons (Fsp3) is 0.312. The Bertz CT molecular complexity index is 1360. The second kappa shape index (κ2) is 13.0. The Morgan fingerprint density at radius 2 is 0.833 bits per heavy atom. The molecule has 1 aliphatic carbocycles. The number of carbonyl (C=O) groups excluding carboxylic acids is 4. The van der Waals surface area contributed by atoms with Crippen LogP contribution < -0.4 is 32.7 Å².